The van der Waals surface area contributed by atoms with E-state index in [4.69, 9.17) is 0 Å². The zero-order valence-corrected chi connectivity index (χ0v) is 15.4. The van der Waals surface area contributed by atoms with Crippen molar-refractivity contribution in [1.82, 2.24) is 19.9 Å². The second-order valence-electron chi connectivity index (χ2n) is 5.80. The quantitative estimate of drug-likeness (QED) is 0.646. The topological polar surface area (TPSA) is 97.2 Å². The van der Waals surface area contributed by atoms with Crippen LogP contribution in [0.3, 0.4) is 0 Å². The van der Waals surface area contributed by atoms with Gasteiger partial charge in [0.25, 0.3) is 11.8 Å². The molecule has 1 aliphatic rings. The second-order valence-corrected chi connectivity index (χ2v) is 6.71. The van der Waals surface area contributed by atoms with Gasteiger partial charge in [0.1, 0.15) is 6.54 Å². The summed E-state index contributed by atoms with van der Waals surface area (Å²) in [5.74, 6) is -1.46. The molecule has 3 aromatic rings. The standard InChI is InChI=1S/C18H12BrN5O3/c19-11-5-6-12-13(9-11)18(27)23(17(12)26)10-16(25)21-14-3-1-2-4-15(14)24-8-7-20-22-24/h1-9H,10H2,(H,21,25). The Labute approximate surface area is 161 Å². The van der Waals surface area contributed by atoms with Crippen LogP contribution in [0.4, 0.5) is 5.69 Å². The van der Waals surface area contributed by atoms with E-state index in [0.29, 0.717) is 21.4 Å². The number of imide groups is 1. The SMILES string of the molecule is O=C(CN1C(=O)c2ccc(Br)cc2C1=O)Nc1ccccc1-n1ccnn1. The van der Waals surface area contributed by atoms with Crippen molar-refractivity contribution >= 4 is 39.3 Å². The lowest BCUT2D eigenvalue weighted by Crippen LogP contribution is -2.37. The van der Waals surface area contributed by atoms with Gasteiger partial charge < -0.3 is 5.32 Å². The zero-order chi connectivity index (χ0) is 19.0. The number of carbonyl (C=O) groups is 3. The first kappa shape index (κ1) is 17.1. The number of hydrogen-bond donors (Lipinski definition) is 1. The number of rotatable bonds is 4. The molecule has 0 saturated carbocycles. The van der Waals surface area contributed by atoms with Crippen LogP contribution in [-0.4, -0.2) is 44.2 Å². The molecule has 1 aromatic heterocycles. The van der Waals surface area contributed by atoms with Crippen LogP contribution in [0.2, 0.25) is 0 Å². The van der Waals surface area contributed by atoms with E-state index in [1.165, 1.54) is 10.9 Å². The van der Waals surface area contributed by atoms with Gasteiger partial charge in [0.15, 0.2) is 0 Å². The molecule has 2 aromatic carbocycles. The molecule has 0 saturated heterocycles. The summed E-state index contributed by atoms with van der Waals surface area (Å²) in [7, 11) is 0. The van der Waals surface area contributed by atoms with Gasteiger partial charge in [-0.15, -0.1) is 5.10 Å². The van der Waals surface area contributed by atoms with Gasteiger partial charge in [0.2, 0.25) is 5.91 Å². The van der Waals surface area contributed by atoms with Gasteiger partial charge in [0, 0.05) is 4.47 Å². The summed E-state index contributed by atoms with van der Waals surface area (Å²) in [6.07, 6.45) is 3.17. The molecule has 134 valence electrons. The molecule has 8 nitrogen and oxygen atoms in total. The van der Waals surface area contributed by atoms with Crippen molar-refractivity contribution < 1.29 is 14.4 Å². The molecule has 2 heterocycles. The summed E-state index contributed by atoms with van der Waals surface area (Å²) in [5, 5.41) is 10.4. The van der Waals surface area contributed by atoms with E-state index >= 15 is 0 Å². The number of nitrogens with one attached hydrogen (secondary N) is 1. The molecule has 0 unspecified atom stereocenters. The maximum absolute atomic E-state index is 12.5. The van der Waals surface area contributed by atoms with Crippen LogP contribution in [0.25, 0.3) is 5.69 Å². The summed E-state index contributed by atoms with van der Waals surface area (Å²) < 4.78 is 2.20. The van der Waals surface area contributed by atoms with Crippen LogP contribution < -0.4 is 5.32 Å². The summed E-state index contributed by atoms with van der Waals surface area (Å²) >= 11 is 3.28. The van der Waals surface area contributed by atoms with Crippen molar-refractivity contribution in [3.63, 3.8) is 0 Å². The predicted molar refractivity (Wildman–Crippen MR) is 99.5 cm³/mol. The highest BCUT2D eigenvalue weighted by molar-refractivity contribution is 9.10. The normalized spacial score (nSPS) is 13.0. The molecule has 0 spiro atoms. The van der Waals surface area contributed by atoms with Gasteiger partial charge in [-0.1, -0.05) is 33.3 Å². The largest absolute Gasteiger partial charge is 0.323 e. The predicted octanol–water partition coefficient (Wildman–Crippen LogP) is 2.26. The fraction of sp³-hybridized carbons (Fsp3) is 0.0556. The number of carbonyl (C=O) groups excluding carboxylic acids is 3. The van der Waals surface area contributed by atoms with E-state index < -0.39 is 17.7 Å². The highest BCUT2D eigenvalue weighted by Gasteiger charge is 2.36. The minimum Gasteiger partial charge on any atom is -0.323 e. The lowest BCUT2D eigenvalue weighted by molar-refractivity contribution is -0.116. The molecule has 3 amide bonds. The molecule has 0 bridgehead atoms. The molecular weight excluding hydrogens is 414 g/mol. The second kappa shape index (κ2) is 6.76. The van der Waals surface area contributed by atoms with Crippen molar-refractivity contribution in [2.45, 2.75) is 0 Å². The summed E-state index contributed by atoms with van der Waals surface area (Å²) in [5.41, 5.74) is 1.69. The fourth-order valence-electron chi connectivity index (χ4n) is 2.86. The fourth-order valence-corrected chi connectivity index (χ4v) is 3.22. The summed E-state index contributed by atoms with van der Waals surface area (Å²) in [4.78, 5) is 38.4. The zero-order valence-electron chi connectivity index (χ0n) is 13.8. The van der Waals surface area contributed by atoms with Gasteiger partial charge in [-0.3, -0.25) is 19.3 Å². The van der Waals surface area contributed by atoms with Gasteiger partial charge in [-0.2, -0.15) is 0 Å². The van der Waals surface area contributed by atoms with Crippen molar-refractivity contribution in [3.05, 3.63) is 70.5 Å². The van der Waals surface area contributed by atoms with Crippen molar-refractivity contribution in [1.29, 1.82) is 0 Å². The Balaban J connectivity index is 1.53. The highest BCUT2D eigenvalue weighted by atomic mass is 79.9. The summed E-state index contributed by atoms with van der Waals surface area (Å²) in [6.45, 7) is -0.379. The molecule has 1 N–H and O–H groups in total. The first-order valence-corrected chi connectivity index (χ1v) is 8.75. The van der Waals surface area contributed by atoms with Crippen LogP contribution in [0.15, 0.2) is 59.3 Å². The highest BCUT2D eigenvalue weighted by Crippen LogP contribution is 2.26. The maximum atomic E-state index is 12.5. The number of benzene rings is 2. The minimum absolute atomic E-state index is 0.283. The van der Waals surface area contributed by atoms with Crippen molar-refractivity contribution in [3.8, 4) is 5.69 Å². The monoisotopic (exact) mass is 425 g/mol. The lowest BCUT2D eigenvalue weighted by Gasteiger charge is -2.15. The Hall–Kier alpha value is -3.33. The molecule has 27 heavy (non-hydrogen) atoms. The van der Waals surface area contributed by atoms with Crippen LogP contribution in [0.5, 0.6) is 0 Å². The first-order valence-electron chi connectivity index (χ1n) is 7.96. The van der Waals surface area contributed by atoms with Gasteiger partial charge in [0.05, 0.1) is 34.9 Å². The number of amides is 3. The number of nitrogens with zero attached hydrogens (tertiary/aromatic N) is 4. The number of fused-ring (bicyclic) bond motifs is 1. The average Bonchev–Trinajstić information content (AvgIpc) is 3.26. The Bertz CT molecular complexity index is 1060. The molecule has 0 atom stereocenters. The Kier molecular flexibility index (Phi) is 4.28. The van der Waals surface area contributed by atoms with Crippen LogP contribution in [-0.2, 0) is 4.79 Å². The molecule has 9 heteroatoms. The number of anilines is 1. The Morgan fingerprint density at radius 1 is 1.07 bits per heavy atom. The van der Waals surface area contributed by atoms with Crippen molar-refractivity contribution in [2.24, 2.45) is 0 Å². The van der Waals surface area contributed by atoms with Gasteiger partial charge >= 0.3 is 0 Å². The maximum Gasteiger partial charge on any atom is 0.262 e. The molecule has 4 rings (SSSR count). The smallest absolute Gasteiger partial charge is 0.262 e. The molecule has 0 fully saturated rings. The average molecular weight is 426 g/mol. The molecule has 0 radical (unpaired) electrons. The van der Waals surface area contributed by atoms with E-state index in [-0.39, 0.29) is 12.1 Å². The molecule has 0 aliphatic carbocycles. The number of hydrogen-bond acceptors (Lipinski definition) is 5. The van der Waals surface area contributed by atoms with E-state index in [1.807, 2.05) is 0 Å². The minimum atomic E-state index is -0.490. The number of halogens is 1. The third-order valence-electron chi connectivity index (χ3n) is 4.08. The third kappa shape index (κ3) is 3.13. The summed E-state index contributed by atoms with van der Waals surface area (Å²) in [6, 6.07) is 11.9. The third-order valence-corrected chi connectivity index (χ3v) is 4.58. The number of aromatic nitrogens is 3. The van der Waals surface area contributed by atoms with E-state index in [0.717, 1.165) is 4.90 Å². The van der Waals surface area contributed by atoms with Gasteiger partial charge in [-0.05, 0) is 30.3 Å². The van der Waals surface area contributed by atoms with Crippen molar-refractivity contribution in [2.75, 3.05) is 11.9 Å². The Morgan fingerprint density at radius 3 is 2.63 bits per heavy atom. The molecular formula is C18H12BrN5O3. The van der Waals surface area contributed by atoms with E-state index in [2.05, 4.69) is 31.6 Å². The number of para-hydroxylation sites is 2. The molecule has 1 aliphatic heterocycles. The first-order chi connectivity index (χ1) is 13.0. The van der Waals surface area contributed by atoms with E-state index in [9.17, 15) is 14.4 Å². The van der Waals surface area contributed by atoms with Gasteiger partial charge in [-0.25, -0.2) is 4.68 Å². The Morgan fingerprint density at radius 2 is 1.85 bits per heavy atom. The van der Waals surface area contributed by atoms with Crippen LogP contribution >= 0.6 is 15.9 Å². The van der Waals surface area contributed by atoms with Crippen LogP contribution in [0, 0.1) is 0 Å². The van der Waals surface area contributed by atoms with Crippen LogP contribution in [0.1, 0.15) is 20.7 Å². The van der Waals surface area contributed by atoms with E-state index in [1.54, 1.807) is 48.7 Å². The lowest BCUT2D eigenvalue weighted by atomic mass is 10.1.